The average Bonchev–Trinajstić information content (AvgIpc) is 2.37. The average molecular weight is 350 g/mol. The Labute approximate surface area is 138 Å². The number of hydrogen-bond acceptors (Lipinski definition) is 4. The second-order valence-corrected chi connectivity index (χ2v) is 7.29. The van der Waals surface area contributed by atoms with Crippen molar-refractivity contribution in [3.63, 3.8) is 0 Å². The Kier molecular flexibility index (Phi) is 8.03. The summed E-state index contributed by atoms with van der Waals surface area (Å²) >= 11 is 0. The molecule has 0 aliphatic carbocycles. The maximum atomic E-state index is 12.1. The lowest BCUT2D eigenvalue weighted by atomic mass is 9.92. The van der Waals surface area contributed by atoms with Gasteiger partial charge >= 0.3 is 0 Å². The predicted octanol–water partition coefficient (Wildman–Crippen LogP) is 0.726. The van der Waals surface area contributed by atoms with Crippen LogP contribution in [0.25, 0.3) is 0 Å². The van der Waals surface area contributed by atoms with E-state index in [-0.39, 0.29) is 30.7 Å². The number of amides is 1. The Bertz CT molecular complexity index is 574. The molecule has 1 atom stereocenters. The lowest BCUT2D eigenvalue weighted by Gasteiger charge is -2.24. The topological polar surface area (TPSA) is 101 Å². The molecule has 0 heterocycles. The monoisotopic (exact) mass is 349 g/mol. The molecule has 4 N–H and O–H groups in total. The predicted molar refractivity (Wildman–Crippen MR) is 90.3 cm³/mol. The molecule has 1 rings (SSSR count). The van der Waals surface area contributed by atoms with Gasteiger partial charge in [-0.15, -0.1) is 12.4 Å². The summed E-state index contributed by atoms with van der Waals surface area (Å²) in [4.78, 5) is 12.1. The highest BCUT2D eigenvalue weighted by atomic mass is 35.5. The number of nitrogens with two attached hydrogens (primary N) is 1. The van der Waals surface area contributed by atoms with E-state index in [1.807, 2.05) is 6.07 Å². The molecule has 1 unspecified atom stereocenters. The van der Waals surface area contributed by atoms with E-state index in [1.165, 1.54) is 0 Å². The molecule has 0 saturated heterocycles. The summed E-state index contributed by atoms with van der Waals surface area (Å²) in [6, 6.07) is 8.78. The highest BCUT2D eigenvalue weighted by Gasteiger charge is 2.30. The molecule has 8 heteroatoms. The van der Waals surface area contributed by atoms with Gasteiger partial charge in [0.1, 0.15) is 5.54 Å². The van der Waals surface area contributed by atoms with E-state index in [0.717, 1.165) is 0 Å². The molecule has 1 amide bonds. The number of hydrogen-bond donors (Lipinski definition) is 3. The Morgan fingerprint density at radius 3 is 2.32 bits per heavy atom. The highest BCUT2D eigenvalue weighted by molar-refractivity contribution is 7.89. The van der Waals surface area contributed by atoms with E-state index in [9.17, 15) is 13.2 Å². The van der Waals surface area contributed by atoms with Gasteiger partial charge in [-0.2, -0.15) is 0 Å². The summed E-state index contributed by atoms with van der Waals surface area (Å²) in [6.07, 6.45) is 0. The first-order chi connectivity index (χ1) is 9.65. The molecule has 0 aliphatic heterocycles. The molecule has 0 fully saturated rings. The number of carbonyl (C=O) groups excluding carboxylic acids is 1. The first-order valence-electron chi connectivity index (χ1n) is 6.78. The summed E-state index contributed by atoms with van der Waals surface area (Å²) in [5.74, 6) is -0.588. The third kappa shape index (κ3) is 6.31. The summed E-state index contributed by atoms with van der Waals surface area (Å²) in [5.41, 5.74) is 5.51. The number of benzene rings is 1. The van der Waals surface area contributed by atoms with Crippen molar-refractivity contribution in [2.75, 3.05) is 12.3 Å². The molecule has 0 saturated carbocycles. The van der Waals surface area contributed by atoms with Crippen LogP contribution in [0, 0.1) is 0 Å². The summed E-state index contributed by atoms with van der Waals surface area (Å²) in [7, 11) is -3.39. The molecule has 1 aromatic carbocycles. The molecular formula is C14H24ClN3O3S. The number of carbonyl (C=O) groups is 1. The van der Waals surface area contributed by atoms with Crippen molar-refractivity contribution in [2.45, 2.75) is 32.4 Å². The molecule has 0 aliphatic rings. The number of sulfonamides is 1. The van der Waals surface area contributed by atoms with E-state index >= 15 is 0 Å². The van der Waals surface area contributed by atoms with E-state index in [0.29, 0.717) is 5.56 Å². The Morgan fingerprint density at radius 2 is 1.82 bits per heavy atom. The molecule has 126 valence electrons. The van der Waals surface area contributed by atoms with Crippen LogP contribution in [0.2, 0.25) is 0 Å². The van der Waals surface area contributed by atoms with Crippen LogP contribution in [0.3, 0.4) is 0 Å². The lowest BCUT2D eigenvalue weighted by molar-refractivity contribution is -0.125. The van der Waals surface area contributed by atoms with Gasteiger partial charge in [-0.3, -0.25) is 4.79 Å². The quantitative estimate of drug-likeness (QED) is 0.675. The molecule has 1 aromatic rings. The number of nitrogens with one attached hydrogen (secondary N) is 2. The van der Waals surface area contributed by atoms with Crippen LogP contribution in [-0.4, -0.2) is 32.7 Å². The fourth-order valence-electron chi connectivity index (χ4n) is 1.82. The van der Waals surface area contributed by atoms with Crippen LogP contribution in [0.1, 0.15) is 26.3 Å². The van der Waals surface area contributed by atoms with Crippen LogP contribution >= 0.6 is 12.4 Å². The van der Waals surface area contributed by atoms with E-state index in [1.54, 1.807) is 45.0 Å². The molecule has 6 nitrogen and oxygen atoms in total. The van der Waals surface area contributed by atoms with Crippen molar-refractivity contribution >= 4 is 28.3 Å². The van der Waals surface area contributed by atoms with Gasteiger partial charge in [-0.25, -0.2) is 13.1 Å². The number of rotatable bonds is 7. The van der Waals surface area contributed by atoms with Crippen molar-refractivity contribution in [1.29, 1.82) is 0 Å². The zero-order chi connectivity index (χ0) is 16.1. The minimum Gasteiger partial charge on any atom is -0.353 e. The summed E-state index contributed by atoms with van der Waals surface area (Å²) in [6.45, 7) is 5.09. The Balaban J connectivity index is 0.00000441. The van der Waals surface area contributed by atoms with E-state index < -0.39 is 21.5 Å². The molecule has 0 bridgehead atoms. The first kappa shape index (κ1) is 20.9. The van der Waals surface area contributed by atoms with Gasteiger partial charge in [-0.1, -0.05) is 30.3 Å². The zero-order valence-electron chi connectivity index (χ0n) is 13.0. The molecule has 22 heavy (non-hydrogen) atoms. The molecule has 0 aromatic heterocycles. The summed E-state index contributed by atoms with van der Waals surface area (Å²) in [5, 5.41) is 2.57. The maximum Gasteiger partial charge on any atom is 0.244 e. The maximum absolute atomic E-state index is 12.1. The standard InChI is InChI=1S/C14H23N3O3S.ClH/c1-11(2)17-21(19,20)10-9-16-13(18)14(3,15)12-7-5-4-6-8-12;/h4-8,11,17H,9-10,15H2,1-3H3,(H,16,18);1H. The minimum absolute atomic E-state index is 0. The first-order valence-corrected chi connectivity index (χ1v) is 8.43. The fourth-order valence-corrected chi connectivity index (χ4v) is 3.02. The number of halogens is 1. The smallest absolute Gasteiger partial charge is 0.244 e. The van der Waals surface area contributed by atoms with Gasteiger partial charge in [0.25, 0.3) is 0 Å². The van der Waals surface area contributed by atoms with Crippen LogP contribution in [0.5, 0.6) is 0 Å². The van der Waals surface area contributed by atoms with Crippen molar-refractivity contribution in [3.8, 4) is 0 Å². The van der Waals surface area contributed by atoms with Crippen molar-refractivity contribution in [1.82, 2.24) is 10.0 Å². The van der Waals surface area contributed by atoms with Crippen LogP contribution < -0.4 is 15.8 Å². The molecular weight excluding hydrogens is 326 g/mol. The molecule has 0 radical (unpaired) electrons. The summed E-state index contributed by atoms with van der Waals surface area (Å²) < 4.78 is 25.7. The minimum atomic E-state index is -3.39. The van der Waals surface area contributed by atoms with Crippen LogP contribution in [0.15, 0.2) is 30.3 Å². The van der Waals surface area contributed by atoms with Gasteiger partial charge in [0.2, 0.25) is 15.9 Å². The normalized spacial score (nSPS) is 14.0. The van der Waals surface area contributed by atoms with Gasteiger partial charge in [-0.05, 0) is 26.3 Å². The zero-order valence-corrected chi connectivity index (χ0v) is 14.6. The Hall–Kier alpha value is -1.15. The lowest BCUT2D eigenvalue weighted by Crippen LogP contribution is -2.50. The SMILES string of the molecule is CC(C)NS(=O)(=O)CCNC(=O)C(C)(N)c1ccccc1.Cl. The van der Waals surface area contributed by atoms with Gasteiger partial charge < -0.3 is 11.1 Å². The van der Waals surface area contributed by atoms with Gasteiger partial charge in [0.15, 0.2) is 0 Å². The van der Waals surface area contributed by atoms with E-state index in [2.05, 4.69) is 10.0 Å². The van der Waals surface area contributed by atoms with Crippen LogP contribution in [0.4, 0.5) is 0 Å². The van der Waals surface area contributed by atoms with Crippen molar-refractivity contribution in [2.24, 2.45) is 5.73 Å². The van der Waals surface area contributed by atoms with Crippen LogP contribution in [-0.2, 0) is 20.4 Å². The van der Waals surface area contributed by atoms with Crippen molar-refractivity contribution < 1.29 is 13.2 Å². The highest BCUT2D eigenvalue weighted by Crippen LogP contribution is 2.17. The Morgan fingerprint density at radius 1 is 1.27 bits per heavy atom. The van der Waals surface area contributed by atoms with Gasteiger partial charge in [0, 0.05) is 12.6 Å². The molecule has 0 spiro atoms. The second kappa shape index (κ2) is 8.47. The largest absolute Gasteiger partial charge is 0.353 e. The van der Waals surface area contributed by atoms with Crippen molar-refractivity contribution in [3.05, 3.63) is 35.9 Å². The second-order valence-electron chi connectivity index (χ2n) is 5.42. The third-order valence-corrected chi connectivity index (χ3v) is 4.49. The van der Waals surface area contributed by atoms with Gasteiger partial charge in [0.05, 0.1) is 5.75 Å². The third-order valence-electron chi connectivity index (χ3n) is 2.92. The fraction of sp³-hybridized carbons (Fsp3) is 0.500. The van der Waals surface area contributed by atoms with E-state index in [4.69, 9.17) is 5.73 Å².